The molecule has 0 radical (unpaired) electrons. The van der Waals surface area contributed by atoms with Crippen molar-refractivity contribution < 1.29 is 14.6 Å². The molecule has 0 saturated heterocycles. The average Bonchev–Trinajstić information content (AvgIpc) is 2.24. The zero-order chi connectivity index (χ0) is 13.1. The molecule has 0 saturated carbocycles. The number of rotatable bonds is 4. The van der Waals surface area contributed by atoms with E-state index >= 15 is 0 Å². The highest BCUT2D eigenvalue weighted by molar-refractivity contribution is 5.83. The maximum Gasteiger partial charge on any atom is 0.251 e. The molecule has 0 aliphatic carbocycles. The lowest BCUT2D eigenvalue weighted by Gasteiger charge is -2.16. The second-order valence-corrected chi connectivity index (χ2v) is 4.55. The van der Waals surface area contributed by atoms with Crippen LogP contribution in [0.4, 0.5) is 0 Å². The van der Waals surface area contributed by atoms with Gasteiger partial charge in [-0.05, 0) is 38.0 Å². The number of methoxy groups -OCH3 is 1. The quantitative estimate of drug-likeness (QED) is 0.832. The minimum absolute atomic E-state index is 0.383. The molecule has 1 rings (SSSR count). The summed E-state index contributed by atoms with van der Waals surface area (Å²) in [5.41, 5.74) is 0.644. The molecule has 1 aromatic rings. The molecule has 0 aliphatic heterocycles. The zero-order valence-corrected chi connectivity index (χ0v) is 10.7. The standard InChI is InChI=1S/C13H19NO3/c1-9-7-10(5-6-11(9)17-4)8-14-12(15)13(2,3)16/h5-7,16H,8H2,1-4H3,(H,14,15). The van der Waals surface area contributed by atoms with Crippen molar-refractivity contribution in [3.8, 4) is 5.75 Å². The van der Waals surface area contributed by atoms with Crippen LogP contribution in [0.5, 0.6) is 5.75 Å². The van der Waals surface area contributed by atoms with Gasteiger partial charge in [0.15, 0.2) is 0 Å². The molecule has 1 amide bonds. The number of amides is 1. The molecule has 0 spiro atoms. The van der Waals surface area contributed by atoms with E-state index in [0.717, 1.165) is 16.9 Å². The van der Waals surface area contributed by atoms with Gasteiger partial charge in [0.2, 0.25) is 0 Å². The molecule has 4 heteroatoms. The van der Waals surface area contributed by atoms with Gasteiger partial charge in [0.1, 0.15) is 11.4 Å². The number of carbonyl (C=O) groups excluding carboxylic acids is 1. The Kier molecular flexibility index (Phi) is 4.12. The molecule has 0 aromatic heterocycles. The van der Waals surface area contributed by atoms with Gasteiger partial charge in [-0.15, -0.1) is 0 Å². The third-order valence-electron chi connectivity index (χ3n) is 2.47. The molecule has 0 heterocycles. The Balaban J connectivity index is 2.65. The highest BCUT2D eigenvalue weighted by Gasteiger charge is 2.22. The summed E-state index contributed by atoms with van der Waals surface area (Å²) in [6.07, 6.45) is 0. The molecule has 0 bridgehead atoms. The molecule has 0 atom stereocenters. The SMILES string of the molecule is COc1ccc(CNC(=O)C(C)(C)O)cc1C. The Morgan fingerprint density at radius 3 is 2.59 bits per heavy atom. The average molecular weight is 237 g/mol. The van der Waals surface area contributed by atoms with Crippen molar-refractivity contribution in [2.75, 3.05) is 7.11 Å². The van der Waals surface area contributed by atoms with Crippen LogP contribution in [0.2, 0.25) is 0 Å². The molecule has 4 nitrogen and oxygen atoms in total. The number of ether oxygens (including phenoxy) is 1. The first-order valence-corrected chi connectivity index (χ1v) is 5.49. The minimum atomic E-state index is -1.35. The fourth-order valence-electron chi connectivity index (χ4n) is 1.45. The number of carbonyl (C=O) groups is 1. The van der Waals surface area contributed by atoms with E-state index in [4.69, 9.17) is 4.74 Å². The number of nitrogens with one attached hydrogen (secondary N) is 1. The Hall–Kier alpha value is -1.55. The normalized spacial score (nSPS) is 11.1. The van der Waals surface area contributed by atoms with Gasteiger partial charge in [-0.3, -0.25) is 4.79 Å². The topological polar surface area (TPSA) is 58.6 Å². The number of hydrogen-bond donors (Lipinski definition) is 2. The van der Waals surface area contributed by atoms with Crippen LogP contribution in [-0.4, -0.2) is 23.7 Å². The van der Waals surface area contributed by atoms with Crippen molar-refractivity contribution in [1.82, 2.24) is 5.32 Å². The fourth-order valence-corrected chi connectivity index (χ4v) is 1.45. The summed E-state index contributed by atoms with van der Waals surface area (Å²) < 4.78 is 5.15. The van der Waals surface area contributed by atoms with Crippen LogP contribution < -0.4 is 10.1 Å². The summed E-state index contributed by atoms with van der Waals surface area (Å²) in [6.45, 7) is 5.26. The third kappa shape index (κ3) is 3.75. The summed E-state index contributed by atoms with van der Waals surface area (Å²) in [5.74, 6) is 0.438. The Morgan fingerprint density at radius 1 is 1.47 bits per heavy atom. The Bertz CT molecular complexity index is 408. The first kappa shape index (κ1) is 13.5. The van der Waals surface area contributed by atoms with Crippen LogP contribution in [0.1, 0.15) is 25.0 Å². The number of hydrogen-bond acceptors (Lipinski definition) is 3. The summed E-state index contributed by atoms with van der Waals surface area (Å²) in [7, 11) is 1.62. The molecular formula is C13H19NO3. The zero-order valence-electron chi connectivity index (χ0n) is 10.7. The highest BCUT2D eigenvalue weighted by Crippen LogP contribution is 2.18. The van der Waals surface area contributed by atoms with Crippen molar-refractivity contribution in [3.05, 3.63) is 29.3 Å². The van der Waals surface area contributed by atoms with Crippen molar-refractivity contribution in [1.29, 1.82) is 0 Å². The summed E-state index contributed by atoms with van der Waals surface area (Å²) in [4.78, 5) is 11.5. The van der Waals surface area contributed by atoms with E-state index in [9.17, 15) is 9.90 Å². The molecule has 0 aliphatic rings. The van der Waals surface area contributed by atoms with Gasteiger partial charge in [-0.1, -0.05) is 12.1 Å². The summed E-state index contributed by atoms with van der Waals surface area (Å²) in [6, 6.07) is 5.70. The van der Waals surface area contributed by atoms with E-state index in [1.165, 1.54) is 13.8 Å². The molecule has 94 valence electrons. The van der Waals surface area contributed by atoms with Gasteiger partial charge in [0.25, 0.3) is 5.91 Å². The molecule has 1 aromatic carbocycles. The largest absolute Gasteiger partial charge is 0.496 e. The second kappa shape index (κ2) is 5.19. The maximum atomic E-state index is 11.5. The van der Waals surface area contributed by atoms with Crippen LogP contribution in [0.3, 0.4) is 0 Å². The predicted octanol–water partition coefficient (Wildman–Crippen LogP) is 1.39. The third-order valence-corrected chi connectivity index (χ3v) is 2.47. The Labute approximate surface area is 102 Å². The van der Waals surface area contributed by atoms with Crippen LogP contribution in [0, 0.1) is 6.92 Å². The number of aliphatic hydroxyl groups is 1. The lowest BCUT2D eigenvalue weighted by atomic mass is 10.1. The highest BCUT2D eigenvalue weighted by atomic mass is 16.5. The molecule has 0 unspecified atom stereocenters. The van der Waals surface area contributed by atoms with E-state index in [1.807, 2.05) is 25.1 Å². The predicted molar refractivity (Wildman–Crippen MR) is 65.9 cm³/mol. The summed E-state index contributed by atoms with van der Waals surface area (Å²) in [5, 5.41) is 12.1. The van der Waals surface area contributed by atoms with Crippen molar-refractivity contribution in [2.24, 2.45) is 0 Å². The van der Waals surface area contributed by atoms with E-state index < -0.39 is 5.60 Å². The van der Waals surface area contributed by atoms with Gasteiger partial charge >= 0.3 is 0 Å². The molecular weight excluding hydrogens is 218 g/mol. The van der Waals surface area contributed by atoms with Crippen LogP contribution >= 0.6 is 0 Å². The molecule has 2 N–H and O–H groups in total. The molecule has 17 heavy (non-hydrogen) atoms. The van der Waals surface area contributed by atoms with E-state index in [2.05, 4.69) is 5.32 Å². The van der Waals surface area contributed by atoms with Gasteiger partial charge in [0, 0.05) is 6.54 Å². The minimum Gasteiger partial charge on any atom is -0.496 e. The van der Waals surface area contributed by atoms with Crippen molar-refractivity contribution in [3.63, 3.8) is 0 Å². The smallest absolute Gasteiger partial charge is 0.251 e. The van der Waals surface area contributed by atoms with Crippen LogP contribution in [0.15, 0.2) is 18.2 Å². The van der Waals surface area contributed by atoms with Crippen LogP contribution in [0.25, 0.3) is 0 Å². The van der Waals surface area contributed by atoms with Crippen LogP contribution in [-0.2, 0) is 11.3 Å². The monoisotopic (exact) mass is 237 g/mol. The fraction of sp³-hybridized carbons (Fsp3) is 0.462. The maximum absolute atomic E-state index is 11.5. The number of benzene rings is 1. The van der Waals surface area contributed by atoms with E-state index in [-0.39, 0.29) is 5.91 Å². The van der Waals surface area contributed by atoms with Gasteiger partial charge in [-0.2, -0.15) is 0 Å². The van der Waals surface area contributed by atoms with Gasteiger partial charge < -0.3 is 15.2 Å². The van der Waals surface area contributed by atoms with Gasteiger partial charge in [0.05, 0.1) is 7.11 Å². The molecule has 0 fully saturated rings. The van der Waals surface area contributed by atoms with E-state index in [0.29, 0.717) is 6.54 Å². The Morgan fingerprint density at radius 2 is 2.12 bits per heavy atom. The van der Waals surface area contributed by atoms with Gasteiger partial charge in [-0.25, -0.2) is 0 Å². The lowest BCUT2D eigenvalue weighted by molar-refractivity contribution is -0.136. The van der Waals surface area contributed by atoms with Crippen molar-refractivity contribution in [2.45, 2.75) is 32.9 Å². The number of aryl methyl sites for hydroxylation is 1. The first-order chi connectivity index (χ1) is 7.84. The second-order valence-electron chi connectivity index (χ2n) is 4.55. The summed E-state index contributed by atoms with van der Waals surface area (Å²) >= 11 is 0. The van der Waals surface area contributed by atoms with E-state index in [1.54, 1.807) is 7.11 Å². The van der Waals surface area contributed by atoms with Crippen molar-refractivity contribution >= 4 is 5.91 Å². The first-order valence-electron chi connectivity index (χ1n) is 5.49. The lowest BCUT2D eigenvalue weighted by Crippen LogP contribution is -2.41.